The highest BCUT2D eigenvalue weighted by Gasteiger charge is 2.52. The van der Waals surface area contributed by atoms with E-state index in [0.717, 1.165) is 17.8 Å². The Morgan fingerprint density at radius 3 is 2.30 bits per heavy atom. The molecule has 0 bridgehead atoms. The van der Waals surface area contributed by atoms with Crippen molar-refractivity contribution in [2.75, 3.05) is 5.32 Å². The number of benzene rings is 1. The van der Waals surface area contributed by atoms with Crippen molar-refractivity contribution < 1.29 is 27.3 Å². The maximum atomic E-state index is 14.4. The average Bonchev–Trinajstić information content (AvgIpc) is 2.83. The lowest BCUT2D eigenvalue weighted by Gasteiger charge is -2.32. The number of anilines is 1. The molecule has 0 radical (unpaired) electrons. The highest BCUT2D eigenvalue weighted by molar-refractivity contribution is 6.62. The molecule has 5 nitrogen and oxygen atoms in total. The molecule has 1 saturated heterocycles. The van der Waals surface area contributed by atoms with Crippen LogP contribution in [0.2, 0.25) is 0 Å². The predicted molar refractivity (Wildman–Crippen MR) is 109 cm³/mol. The summed E-state index contributed by atoms with van der Waals surface area (Å²) in [7, 11) is -0.644. The summed E-state index contributed by atoms with van der Waals surface area (Å²) in [6.07, 6.45) is 0.982. The molecule has 1 aliphatic rings. The lowest BCUT2D eigenvalue weighted by Crippen LogP contribution is -2.41. The topological polar surface area (TPSA) is 60.5 Å². The number of alkyl halides is 2. The fraction of sp³-hybridized carbons (Fsp3) is 0.429. The average molecular weight is 420 g/mol. The van der Waals surface area contributed by atoms with E-state index >= 15 is 0 Å². The maximum Gasteiger partial charge on any atom is 0.495 e. The SMILES string of the molecule is Cc1ccc(NC(=O)c2ccnc(C(C)(F)F)c2F)cc1B1OC(C)(C)C(C)(C)O1. The Labute approximate surface area is 174 Å². The molecule has 1 aromatic heterocycles. The number of nitrogens with zero attached hydrogens (tertiary/aromatic N) is 1. The van der Waals surface area contributed by atoms with Gasteiger partial charge < -0.3 is 14.6 Å². The smallest absolute Gasteiger partial charge is 0.399 e. The van der Waals surface area contributed by atoms with Gasteiger partial charge in [0.05, 0.1) is 16.8 Å². The van der Waals surface area contributed by atoms with Crippen molar-refractivity contribution in [3.8, 4) is 0 Å². The van der Waals surface area contributed by atoms with Gasteiger partial charge in [0, 0.05) is 18.8 Å². The second-order valence-corrected chi connectivity index (χ2v) is 8.52. The molecular weight excluding hydrogens is 396 g/mol. The first-order chi connectivity index (χ1) is 13.7. The number of pyridine rings is 1. The zero-order valence-corrected chi connectivity index (χ0v) is 17.8. The third kappa shape index (κ3) is 4.09. The second-order valence-electron chi connectivity index (χ2n) is 8.52. The Morgan fingerprint density at radius 2 is 1.73 bits per heavy atom. The van der Waals surface area contributed by atoms with E-state index in [4.69, 9.17) is 9.31 Å². The number of rotatable bonds is 4. The van der Waals surface area contributed by atoms with Crippen LogP contribution in [0.3, 0.4) is 0 Å². The standard InChI is InChI=1S/C21H24BF3N2O3/c1-12-7-8-13(11-15(12)22-29-19(2,3)20(4,5)30-22)27-18(28)14-9-10-26-17(16(14)23)21(6,24)25/h7-11H,1-6H3,(H,27,28). The number of carbonyl (C=O) groups is 1. The summed E-state index contributed by atoms with van der Waals surface area (Å²) < 4.78 is 53.6. The highest BCUT2D eigenvalue weighted by Crippen LogP contribution is 2.37. The van der Waals surface area contributed by atoms with Crippen LogP contribution < -0.4 is 10.8 Å². The van der Waals surface area contributed by atoms with Crippen LogP contribution in [0.4, 0.5) is 18.9 Å². The number of amides is 1. The van der Waals surface area contributed by atoms with Gasteiger partial charge in [-0.05, 0) is 58.3 Å². The third-order valence-electron chi connectivity index (χ3n) is 5.59. The molecule has 2 aromatic rings. The zero-order valence-electron chi connectivity index (χ0n) is 17.8. The van der Waals surface area contributed by atoms with Gasteiger partial charge in [-0.25, -0.2) is 4.39 Å². The molecule has 1 fully saturated rings. The van der Waals surface area contributed by atoms with Crippen LogP contribution in [0.5, 0.6) is 0 Å². The van der Waals surface area contributed by atoms with Crippen LogP contribution in [0.1, 0.15) is 56.2 Å². The van der Waals surface area contributed by atoms with E-state index in [1.54, 1.807) is 18.2 Å². The Bertz CT molecular complexity index is 974. The maximum absolute atomic E-state index is 14.4. The summed E-state index contributed by atoms with van der Waals surface area (Å²) in [6.45, 7) is 10.1. The highest BCUT2D eigenvalue weighted by atomic mass is 19.3. The summed E-state index contributed by atoms with van der Waals surface area (Å²) in [4.78, 5) is 15.9. The monoisotopic (exact) mass is 420 g/mol. The fourth-order valence-corrected chi connectivity index (χ4v) is 3.07. The molecule has 3 rings (SSSR count). The quantitative estimate of drug-likeness (QED) is 0.754. The Morgan fingerprint density at radius 1 is 1.13 bits per heavy atom. The number of hydrogen-bond acceptors (Lipinski definition) is 4. The molecule has 0 unspecified atom stereocenters. The molecule has 0 aliphatic carbocycles. The fourth-order valence-electron chi connectivity index (χ4n) is 3.07. The lowest BCUT2D eigenvalue weighted by atomic mass is 9.76. The van der Waals surface area contributed by atoms with Crippen molar-refractivity contribution in [1.82, 2.24) is 4.98 Å². The van der Waals surface area contributed by atoms with Gasteiger partial charge in [0.2, 0.25) is 0 Å². The number of hydrogen-bond donors (Lipinski definition) is 1. The van der Waals surface area contributed by atoms with Crippen molar-refractivity contribution in [3.63, 3.8) is 0 Å². The molecule has 1 aliphatic heterocycles. The lowest BCUT2D eigenvalue weighted by molar-refractivity contribution is 0.00578. The first-order valence-electron chi connectivity index (χ1n) is 9.53. The van der Waals surface area contributed by atoms with Gasteiger partial charge in [-0.15, -0.1) is 0 Å². The van der Waals surface area contributed by atoms with Gasteiger partial charge in [0.1, 0.15) is 5.69 Å². The number of aromatic nitrogens is 1. The van der Waals surface area contributed by atoms with Crippen LogP contribution in [0.25, 0.3) is 0 Å². The van der Waals surface area contributed by atoms with Crippen LogP contribution in [-0.4, -0.2) is 29.2 Å². The molecule has 0 spiro atoms. The zero-order chi connectivity index (χ0) is 22.5. The molecule has 0 saturated carbocycles. The summed E-state index contributed by atoms with van der Waals surface area (Å²) in [6, 6.07) is 6.13. The molecule has 1 aromatic carbocycles. The molecule has 1 N–H and O–H groups in total. The van der Waals surface area contributed by atoms with Crippen molar-refractivity contribution >= 4 is 24.2 Å². The van der Waals surface area contributed by atoms with E-state index in [0.29, 0.717) is 18.1 Å². The molecule has 2 heterocycles. The minimum atomic E-state index is -3.51. The van der Waals surface area contributed by atoms with E-state index in [1.165, 1.54) is 0 Å². The van der Waals surface area contributed by atoms with E-state index in [1.807, 2.05) is 34.6 Å². The second kappa shape index (κ2) is 7.39. The normalized spacial score (nSPS) is 17.8. The number of carbonyl (C=O) groups excluding carboxylic acids is 1. The van der Waals surface area contributed by atoms with E-state index in [-0.39, 0.29) is 0 Å². The predicted octanol–water partition coefficient (Wildman–Crippen LogP) is 4.19. The van der Waals surface area contributed by atoms with E-state index < -0.39 is 47.2 Å². The van der Waals surface area contributed by atoms with Gasteiger partial charge in [0.25, 0.3) is 11.8 Å². The van der Waals surface area contributed by atoms with Crippen LogP contribution in [0.15, 0.2) is 30.5 Å². The van der Waals surface area contributed by atoms with Crippen molar-refractivity contribution in [2.45, 2.75) is 58.7 Å². The minimum absolute atomic E-state index is 0.358. The Hall–Kier alpha value is -2.39. The number of halogens is 3. The van der Waals surface area contributed by atoms with Gasteiger partial charge in [-0.2, -0.15) is 8.78 Å². The number of nitrogens with one attached hydrogen (secondary N) is 1. The summed E-state index contributed by atoms with van der Waals surface area (Å²) in [5.74, 6) is -5.71. The molecule has 9 heteroatoms. The summed E-state index contributed by atoms with van der Waals surface area (Å²) in [5, 5.41) is 2.55. The summed E-state index contributed by atoms with van der Waals surface area (Å²) in [5.41, 5.74) is -0.708. The van der Waals surface area contributed by atoms with Gasteiger partial charge in [-0.3, -0.25) is 9.78 Å². The molecule has 30 heavy (non-hydrogen) atoms. The minimum Gasteiger partial charge on any atom is -0.399 e. The Kier molecular flexibility index (Phi) is 5.49. The third-order valence-corrected chi connectivity index (χ3v) is 5.59. The molecule has 1 amide bonds. The van der Waals surface area contributed by atoms with Crippen molar-refractivity contribution in [1.29, 1.82) is 0 Å². The summed E-state index contributed by atoms with van der Waals surface area (Å²) >= 11 is 0. The van der Waals surface area contributed by atoms with E-state index in [2.05, 4.69) is 10.3 Å². The van der Waals surface area contributed by atoms with Gasteiger partial charge >= 0.3 is 7.12 Å². The first kappa shape index (κ1) is 22.3. The molecule has 0 atom stereocenters. The van der Waals surface area contributed by atoms with Crippen molar-refractivity contribution in [2.24, 2.45) is 0 Å². The number of aryl methyl sites for hydroxylation is 1. The molecular formula is C21H24BF3N2O3. The van der Waals surface area contributed by atoms with Crippen molar-refractivity contribution in [3.05, 3.63) is 53.1 Å². The van der Waals surface area contributed by atoms with E-state index in [9.17, 15) is 18.0 Å². The molecule has 160 valence electrons. The van der Waals surface area contributed by atoms with Gasteiger partial charge in [0.15, 0.2) is 5.82 Å². The van der Waals surface area contributed by atoms with Crippen LogP contribution in [-0.2, 0) is 15.2 Å². The van der Waals surface area contributed by atoms with Crippen LogP contribution in [0, 0.1) is 12.7 Å². The first-order valence-corrected chi connectivity index (χ1v) is 9.53. The van der Waals surface area contributed by atoms with Crippen LogP contribution >= 0.6 is 0 Å². The Balaban J connectivity index is 1.88. The largest absolute Gasteiger partial charge is 0.495 e. The van der Waals surface area contributed by atoms with Gasteiger partial charge in [-0.1, -0.05) is 11.6 Å².